The SMILES string of the molecule is Cc1ccc(CS(=O)(=O)c2cc(Cl)ccc2N)cc1C. The maximum absolute atomic E-state index is 12.4. The normalized spacial score (nSPS) is 11.6. The minimum atomic E-state index is -3.51. The van der Waals surface area contributed by atoms with Gasteiger partial charge in [0.1, 0.15) is 0 Å². The molecule has 0 aliphatic rings. The van der Waals surface area contributed by atoms with Gasteiger partial charge in [0, 0.05) is 5.02 Å². The molecule has 106 valence electrons. The lowest BCUT2D eigenvalue weighted by molar-refractivity contribution is 0.595. The van der Waals surface area contributed by atoms with Gasteiger partial charge < -0.3 is 5.73 Å². The van der Waals surface area contributed by atoms with Gasteiger partial charge in [-0.05, 0) is 48.7 Å². The zero-order valence-corrected chi connectivity index (χ0v) is 12.9. The second-order valence-corrected chi connectivity index (χ2v) is 7.25. The molecule has 20 heavy (non-hydrogen) atoms. The largest absolute Gasteiger partial charge is 0.398 e. The van der Waals surface area contributed by atoms with Gasteiger partial charge >= 0.3 is 0 Å². The van der Waals surface area contributed by atoms with Crippen LogP contribution in [0.2, 0.25) is 5.02 Å². The Labute approximate surface area is 124 Å². The van der Waals surface area contributed by atoms with Crippen LogP contribution in [0.4, 0.5) is 5.69 Å². The molecule has 0 heterocycles. The molecule has 0 saturated carbocycles. The summed E-state index contributed by atoms with van der Waals surface area (Å²) in [5, 5.41) is 0.359. The van der Waals surface area contributed by atoms with Crippen molar-refractivity contribution in [2.75, 3.05) is 5.73 Å². The standard InChI is InChI=1S/C15H16ClNO2S/c1-10-3-4-12(7-11(10)2)9-20(18,19)15-8-13(16)5-6-14(15)17/h3-8H,9,17H2,1-2H3. The Hall–Kier alpha value is -1.52. The molecule has 2 N–H and O–H groups in total. The van der Waals surface area contributed by atoms with Crippen LogP contribution in [0.25, 0.3) is 0 Å². The van der Waals surface area contributed by atoms with Crippen molar-refractivity contribution in [3.63, 3.8) is 0 Å². The summed E-state index contributed by atoms with van der Waals surface area (Å²) in [4.78, 5) is 0.0863. The summed E-state index contributed by atoms with van der Waals surface area (Å²) in [5.74, 6) is -0.0847. The van der Waals surface area contributed by atoms with Crippen molar-refractivity contribution in [3.8, 4) is 0 Å². The third kappa shape index (κ3) is 3.14. The molecule has 5 heteroatoms. The van der Waals surface area contributed by atoms with Crippen LogP contribution in [0.1, 0.15) is 16.7 Å². The highest BCUT2D eigenvalue weighted by Gasteiger charge is 2.19. The van der Waals surface area contributed by atoms with Gasteiger partial charge in [0.15, 0.2) is 9.84 Å². The first-order valence-electron chi connectivity index (χ1n) is 6.13. The number of rotatable bonds is 3. The van der Waals surface area contributed by atoms with Crippen molar-refractivity contribution in [3.05, 3.63) is 58.1 Å². The fourth-order valence-electron chi connectivity index (χ4n) is 1.97. The number of anilines is 1. The Morgan fingerprint density at radius 2 is 1.75 bits per heavy atom. The zero-order valence-electron chi connectivity index (χ0n) is 11.4. The minimum Gasteiger partial charge on any atom is -0.398 e. The summed E-state index contributed by atoms with van der Waals surface area (Å²) >= 11 is 5.85. The number of halogens is 1. The molecule has 0 fully saturated rings. The predicted molar refractivity (Wildman–Crippen MR) is 82.7 cm³/mol. The van der Waals surface area contributed by atoms with E-state index >= 15 is 0 Å². The average molecular weight is 310 g/mol. The molecular weight excluding hydrogens is 294 g/mol. The van der Waals surface area contributed by atoms with Crippen molar-refractivity contribution in [2.45, 2.75) is 24.5 Å². The zero-order chi connectivity index (χ0) is 14.9. The number of aryl methyl sites for hydroxylation is 2. The Kier molecular flexibility index (Phi) is 4.06. The van der Waals surface area contributed by atoms with Gasteiger partial charge in [-0.2, -0.15) is 0 Å². The molecule has 0 aromatic heterocycles. The summed E-state index contributed by atoms with van der Waals surface area (Å²) in [5.41, 5.74) is 8.91. The minimum absolute atomic E-state index is 0.0847. The van der Waals surface area contributed by atoms with Crippen LogP contribution in [-0.2, 0) is 15.6 Å². The number of hydrogen-bond donors (Lipinski definition) is 1. The lowest BCUT2D eigenvalue weighted by Gasteiger charge is -2.09. The lowest BCUT2D eigenvalue weighted by atomic mass is 10.1. The molecule has 0 saturated heterocycles. The van der Waals surface area contributed by atoms with Gasteiger partial charge in [-0.15, -0.1) is 0 Å². The van der Waals surface area contributed by atoms with Gasteiger partial charge in [-0.25, -0.2) is 8.42 Å². The van der Waals surface area contributed by atoms with Crippen LogP contribution in [0.15, 0.2) is 41.3 Å². The topological polar surface area (TPSA) is 60.2 Å². The maximum atomic E-state index is 12.4. The van der Waals surface area contributed by atoms with E-state index in [-0.39, 0.29) is 16.3 Å². The fraction of sp³-hybridized carbons (Fsp3) is 0.200. The summed E-state index contributed by atoms with van der Waals surface area (Å²) in [6.07, 6.45) is 0. The molecule has 0 amide bonds. The van der Waals surface area contributed by atoms with Crippen molar-refractivity contribution in [2.24, 2.45) is 0 Å². The smallest absolute Gasteiger partial charge is 0.184 e. The molecule has 0 spiro atoms. The van der Waals surface area contributed by atoms with Crippen molar-refractivity contribution < 1.29 is 8.42 Å². The highest BCUT2D eigenvalue weighted by molar-refractivity contribution is 7.90. The van der Waals surface area contributed by atoms with E-state index in [2.05, 4.69) is 0 Å². The van der Waals surface area contributed by atoms with Crippen LogP contribution in [0.5, 0.6) is 0 Å². The van der Waals surface area contributed by atoms with E-state index in [1.165, 1.54) is 12.1 Å². The maximum Gasteiger partial charge on any atom is 0.184 e. The fourth-order valence-corrected chi connectivity index (χ4v) is 3.71. The third-order valence-corrected chi connectivity index (χ3v) is 5.21. The predicted octanol–water partition coefficient (Wildman–Crippen LogP) is 3.51. The van der Waals surface area contributed by atoms with Crippen LogP contribution < -0.4 is 5.73 Å². The molecule has 2 aromatic rings. The van der Waals surface area contributed by atoms with Crippen LogP contribution in [0.3, 0.4) is 0 Å². The molecule has 0 bridgehead atoms. The van der Waals surface area contributed by atoms with E-state index in [4.69, 9.17) is 17.3 Å². The summed E-state index contributed by atoms with van der Waals surface area (Å²) in [7, 11) is -3.51. The van der Waals surface area contributed by atoms with Crippen LogP contribution in [0, 0.1) is 13.8 Å². The Morgan fingerprint density at radius 3 is 2.40 bits per heavy atom. The second-order valence-electron chi connectivity index (χ2n) is 4.86. The first-order valence-corrected chi connectivity index (χ1v) is 8.16. The van der Waals surface area contributed by atoms with E-state index in [9.17, 15) is 8.42 Å². The molecule has 0 aliphatic carbocycles. The molecular formula is C15H16ClNO2S. The average Bonchev–Trinajstić information content (AvgIpc) is 2.36. The van der Waals surface area contributed by atoms with E-state index in [0.717, 1.165) is 16.7 Å². The van der Waals surface area contributed by atoms with Gasteiger partial charge in [0.2, 0.25) is 0 Å². The summed E-state index contributed by atoms with van der Waals surface area (Å²) < 4.78 is 24.9. The monoisotopic (exact) mass is 309 g/mol. The molecule has 0 aliphatic heterocycles. The first kappa shape index (κ1) is 14.9. The quantitative estimate of drug-likeness (QED) is 0.883. The molecule has 2 rings (SSSR count). The van der Waals surface area contributed by atoms with Gasteiger partial charge in [0.25, 0.3) is 0 Å². The van der Waals surface area contributed by atoms with E-state index in [1.54, 1.807) is 6.07 Å². The van der Waals surface area contributed by atoms with Gasteiger partial charge in [-0.3, -0.25) is 0 Å². The van der Waals surface area contributed by atoms with Gasteiger partial charge in [0.05, 0.1) is 16.3 Å². The Balaban J connectivity index is 2.40. The number of hydrogen-bond acceptors (Lipinski definition) is 3. The first-order chi connectivity index (χ1) is 9.29. The van der Waals surface area contributed by atoms with E-state index < -0.39 is 9.84 Å². The van der Waals surface area contributed by atoms with E-state index in [0.29, 0.717) is 5.02 Å². The Morgan fingerprint density at radius 1 is 1.05 bits per heavy atom. The number of nitrogen functional groups attached to an aromatic ring is 1. The molecule has 0 atom stereocenters. The molecule has 3 nitrogen and oxygen atoms in total. The number of nitrogens with two attached hydrogens (primary N) is 1. The van der Waals surface area contributed by atoms with Crippen molar-refractivity contribution in [1.82, 2.24) is 0 Å². The number of benzene rings is 2. The molecule has 0 radical (unpaired) electrons. The third-order valence-electron chi connectivity index (χ3n) is 3.24. The summed E-state index contributed by atoms with van der Waals surface area (Å²) in [6.45, 7) is 3.95. The molecule has 0 unspecified atom stereocenters. The highest BCUT2D eigenvalue weighted by Crippen LogP contribution is 2.26. The van der Waals surface area contributed by atoms with Crippen LogP contribution in [-0.4, -0.2) is 8.42 Å². The van der Waals surface area contributed by atoms with Crippen LogP contribution >= 0.6 is 11.6 Å². The lowest BCUT2D eigenvalue weighted by Crippen LogP contribution is -2.08. The highest BCUT2D eigenvalue weighted by atomic mass is 35.5. The van der Waals surface area contributed by atoms with Gasteiger partial charge in [-0.1, -0.05) is 29.8 Å². The van der Waals surface area contributed by atoms with Crippen molar-refractivity contribution >= 4 is 27.1 Å². The van der Waals surface area contributed by atoms with E-state index in [1.807, 2.05) is 32.0 Å². The second kappa shape index (κ2) is 5.46. The number of sulfone groups is 1. The molecule has 2 aromatic carbocycles. The Bertz CT molecular complexity index is 754. The summed E-state index contributed by atoms with van der Waals surface area (Å²) in [6, 6.07) is 10.1. The van der Waals surface area contributed by atoms with Crippen molar-refractivity contribution in [1.29, 1.82) is 0 Å².